The highest BCUT2D eigenvalue weighted by molar-refractivity contribution is 5.93. The third-order valence-corrected chi connectivity index (χ3v) is 2.70. The highest BCUT2D eigenvalue weighted by atomic mass is 19.4. The fourth-order valence-electron chi connectivity index (χ4n) is 1.75. The molecule has 9 heteroatoms. The SMILES string of the molecule is CC(C)(C)NC(=O)N[C@H](c1ccc(C(=O)NO)cc1)C(F)(F)F. The molecule has 0 aliphatic heterocycles. The Morgan fingerprint density at radius 2 is 1.61 bits per heavy atom. The standard InChI is InChI=1S/C14H18F3N3O3/c1-13(2,3)19-12(22)18-10(14(15,16)17)8-4-6-9(7-5-8)11(21)20-23/h4-7,10,23H,1-3H3,(H,20,21)(H2,18,19,22)/t10-/m1/s1. The van der Waals surface area contributed by atoms with Crippen LogP contribution in [-0.4, -0.2) is 28.9 Å². The summed E-state index contributed by atoms with van der Waals surface area (Å²) in [6, 6.07) is 1.15. The highest BCUT2D eigenvalue weighted by Gasteiger charge is 2.42. The van der Waals surface area contributed by atoms with Crippen LogP contribution in [0, 0.1) is 0 Å². The molecule has 0 saturated carbocycles. The zero-order chi connectivity index (χ0) is 17.8. The molecule has 0 aliphatic carbocycles. The molecule has 1 aromatic carbocycles. The van der Waals surface area contributed by atoms with Gasteiger partial charge >= 0.3 is 12.2 Å². The van der Waals surface area contributed by atoms with Gasteiger partial charge in [-0.25, -0.2) is 10.3 Å². The van der Waals surface area contributed by atoms with E-state index in [9.17, 15) is 22.8 Å². The van der Waals surface area contributed by atoms with E-state index in [1.807, 2.05) is 5.32 Å². The van der Waals surface area contributed by atoms with Crippen molar-refractivity contribution >= 4 is 11.9 Å². The van der Waals surface area contributed by atoms with Gasteiger partial charge in [0.2, 0.25) is 0 Å². The normalized spacial score (nSPS) is 13.2. The number of carbonyl (C=O) groups excluding carboxylic acids is 2. The van der Waals surface area contributed by atoms with Gasteiger partial charge in [-0.3, -0.25) is 10.0 Å². The van der Waals surface area contributed by atoms with Crippen LogP contribution < -0.4 is 16.1 Å². The fourth-order valence-corrected chi connectivity index (χ4v) is 1.75. The Balaban J connectivity index is 2.99. The summed E-state index contributed by atoms with van der Waals surface area (Å²) in [6.45, 7) is 4.91. The van der Waals surface area contributed by atoms with Crippen LogP contribution in [0.15, 0.2) is 24.3 Å². The minimum absolute atomic E-state index is 0.0173. The second-order valence-electron chi connectivity index (χ2n) is 5.89. The van der Waals surface area contributed by atoms with Gasteiger partial charge in [0, 0.05) is 11.1 Å². The maximum absolute atomic E-state index is 13.2. The first-order chi connectivity index (χ1) is 10.4. The summed E-state index contributed by atoms with van der Waals surface area (Å²) in [5, 5.41) is 12.7. The molecule has 128 valence electrons. The predicted octanol–water partition coefficient (Wildman–Crippen LogP) is 2.51. The number of benzene rings is 1. The molecule has 1 aromatic rings. The summed E-state index contributed by atoms with van der Waals surface area (Å²) in [6.07, 6.45) is -4.71. The van der Waals surface area contributed by atoms with Crippen molar-refractivity contribution in [3.05, 3.63) is 35.4 Å². The molecule has 0 fully saturated rings. The molecule has 0 spiro atoms. The van der Waals surface area contributed by atoms with Crippen LogP contribution in [0.4, 0.5) is 18.0 Å². The van der Waals surface area contributed by atoms with Gasteiger partial charge in [-0.2, -0.15) is 13.2 Å². The fraction of sp³-hybridized carbons (Fsp3) is 0.429. The van der Waals surface area contributed by atoms with Crippen molar-refractivity contribution < 1.29 is 28.0 Å². The van der Waals surface area contributed by atoms with E-state index in [4.69, 9.17) is 5.21 Å². The molecule has 0 heterocycles. The maximum atomic E-state index is 13.2. The predicted molar refractivity (Wildman–Crippen MR) is 75.9 cm³/mol. The number of rotatable bonds is 3. The molecule has 0 aliphatic rings. The first kappa shape index (κ1) is 18.8. The Kier molecular flexibility index (Phi) is 5.60. The van der Waals surface area contributed by atoms with Gasteiger partial charge in [-0.05, 0) is 38.5 Å². The topological polar surface area (TPSA) is 90.5 Å². The molecule has 1 rings (SSSR count). The molecule has 0 saturated heterocycles. The summed E-state index contributed by atoms with van der Waals surface area (Å²) >= 11 is 0. The Morgan fingerprint density at radius 1 is 1.09 bits per heavy atom. The van der Waals surface area contributed by atoms with E-state index in [0.29, 0.717) is 0 Å². The number of amides is 3. The zero-order valence-corrected chi connectivity index (χ0v) is 12.8. The van der Waals surface area contributed by atoms with Crippen molar-refractivity contribution in [3.8, 4) is 0 Å². The van der Waals surface area contributed by atoms with E-state index < -0.39 is 29.7 Å². The molecule has 1 atom stereocenters. The van der Waals surface area contributed by atoms with E-state index in [1.165, 1.54) is 5.48 Å². The van der Waals surface area contributed by atoms with Crippen molar-refractivity contribution in [2.24, 2.45) is 0 Å². The molecule has 0 unspecified atom stereocenters. The molecule has 23 heavy (non-hydrogen) atoms. The van der Waals surface area contributed by atoms with E-state index >= 15 is 0 Å². The third-order valence-electron chi connectivity index (χ3n) is 2.70. The molecule has 4 N–H and O–H groups in total. The Labute approximate surface area is 131 Å². The van der Waals surface area contributed by atoms with Gasteiger partial charge in [0.05, 0.1) is 0 Å². The molecule has 6 nitrogen and oxygen atoms in total. The van der Waals surface area contributed by atoms with Crippen molar-refractivity contribution in [3.63, 3.8) is 0 Å². The summed E-state index contributed by atoms with van der Waals surface area (Å²) < 4.78 is 39.5. The van der Waals surface area contributed by atoms with E-state index in [-0.39, 0.29) is 11.1 Å². The van der Waals surface area contributed by atoms with Crippen LogP contribution in [0.1, 0.15) is 42.7 Å². The van der Waals surface area contributed by atoms with Crippen LogP contribution in [0.25, 0.3) is 0 Å². The first-order valence-electron chi connectivity index (χ1n) is 6.64. The van der Waals surface area contributed by atoms with Crippen molar-refractivity contribution in [2.75, 3.05) is 0 Å². The van der Waals surface area contributed by atoms with E-state index in [0.717, 1.165) is 24.3 Å². The lowest BCUT2D eigenvalue weighted by molar-refractivity contribution is -0.155. The number of hydrogen-bond acceptors (Lipinski definition) is 3. The van der Waals surface area contributed by atoms with Crippen LogP contribution in [0.2, 0.25) is 0 Å². The molecule has 0 bridgehead atoms. The highest BCUT2D eigenvalue weighted by Crippen LogP contribution is 2.32. The number of alkyl halides is 3. The number of hydroxylamine groups is 1. The molecule has 0 radical (unpaired) electrons. The molecular weight excluding hydrogens is 315 g/mol. The lowest BCUT2D eigenvalue weighted by Crippen LogP contribution is -2.49. The number of hydrogen-bond donors (Lipinski definition) is 4. The zero-order valence-electron chi connectivity index (χ0n) is 12.8. The summed E-state index contributed by atoms with van der Waals surface area (Å²) in [5.41, 5.74) is 0.429. The molecule has 0 aromatic heterocycles. The third kappa shape index (κ3) is 5.78. The summed E-state index contributed by atoms with van der Waals surface area (Å²) in [7, 11) is 0. The van der Waals surface area contributed by atoms with Gasteiger partial charge in [0.15, 0.2) is 6.04 Å². The minimum Gasteiger partial charge on any atom is -0.334 e. The molecule has 3 amide bonds. The lowest BCUT2D eigenvalue weighted by Gasteiger charge is -2.26. The van der Waals surface area contributed by atoms with Gasteiger partial charge in [0.1, 0.15) is 0 Å². The second-order valence-corrected chi connectivity index (χ2v) is 5.89. The largest absolute Gasteiger partial charge is 0.412 e. The average molecular weight is 333 g/mol. The lowest BCUT2D eigenvalue weighted by atomic mass is 10.0. The van der Waals surface area contributed by atoms with Gasteiger partial charge < -0.3 is 10.6 Å². The van der Waals surface area contributed by atoms with Crippen LogP contribution >= 0.6 is 0 Å². The van der Waals surface area contributed by atoms with Crippen molar-refractivity contribution in [1.82, 2.24) is 16.1 Å². The number of halogens is 3. The smallest absolute Gasteiger partial charge is 0.334 e. The number of nitrogens with one attached hydrogen (secondary N) is 3. The number of carbonyl (C=O) groups is 2. The Bertz CT molecular complexity index is 565. The van der Waals surface area contributed by atoms with E-state index in [2.05, 4.69) is 5.32 Å². The average Bonchev–Trinajstić information content (AvgIpc) is 2.41. The van der Waals surface area contributed by atoms with Gasteiger partial charge in [0.25, 0.3) is 5.91 Å². The van der Waals surface area contributed by atoms with Crippen molar-refractivity contribution in [1.29, 1.82) is 0 Å². The van der Waals surface area contributed by atoms with Crippen molar-refractivity contribution in [2.45, 2.75) is 38.5 Å². The van der Waals surface area contributed by atoms with E-state index in [1.54, 1.807) is 20.8 Å². The van der Waals surface area contributed by atoms with Gasteiger partial charge in [-0.1, -0.05) is 12.1 Å². The monoisotopic (exact) mass is 333 g/mol. The Morgan fingerprint density at radius 3 is 2.00 bits per heavy atom. The Hall–Kier alpha value is -2.29. The second kappa shape index (κ2) is 6.86. The summed E-state index contributed by atoms with van der Waals surface area (Å²) in [4.78, 5) is 22.9. The summed E-state index contributed by atoms with van der Waals surface area (Å²) in [5.74, 6) is -0.849. The van der Waals surface area contributed by atoms with Gasteiger partial charge in [-0.15, -0.1) is 0 Å². The minimum atomic E-state index is -4.71. The van der Waals surface area contributed by atoms with Crippen LogP contribution in [0.3, 0.4) is 0 Å². The first-order valence-corrected chi connectivity index (χ1v) is 6.64. The maximum Gasteiger partial charge on any atom is 0.412 e. The quantitative estimate of drug-likeness (QED) is 0.506. The van der Waals surface area contributed by atoms with Crippen LogP contribution in [-0.2, 0) is 0 Å². The van der Waals surface area contributed by atoms with Crippen LogP contribution in [0.5, 0.6) is 0 Å². The number of urea groups is 1. The molecular formula is C14H18F3N3O3.